The summed E-state index contributed by atoms with van der Waals surface area (Å²) in [5.74, 6) is 0.171. The molecular formula is C26H30N2O4S. The van der Waals surface area contributed by atoms with Gasteiger partial charge in [0.1, 0.15) is 11.5 Å². The summed E-state index contributed by atoms with van der Waals surface area (Å²) in [5, 5.41) is 2.95. The molecule has 0 aliphatic carbocycles. The van der Waals surface area contributed by atoms with Gasteiger partial charge < -0.3 is 9.73 Å². The van der Waals surface area contributed by atoms with Crippen molar-refractivity contribution in [3.05, 3.63) is 89.4 Å². The number of amides is 1. The molecule has 1 fully saturated rings. The molecule has 174 valence electrons. The largest absolute Gasteiger partial charge is 0.455 e. The van der Waals surface area contributed by atoms with Crippen molar-refractivity contribution in [3.63, 3.8) is 0 Å². The number of nitrogens with zero attached hydrogens (tertiary/aromatic N) is 1. The Balaban J connectivity index is 1.30. The molecule has 4 rings (SSSR count). The van der Waals surface area contributed by atoms with E-state index >= 15 is 0 Å². The van der Waals surface area contributed by atoms with Gasteiger partial charge in [-0.05, 0) is 62.1 Å². The fourth-order valence-corrected chi connectivity index (χ4v) is 5.93. The fourth-order valence-electron chi connectivity index (χ4n) is 4.40. The first-order chi connectivity index (χ1) is 15.8. The van der Waals surface area contributed by atoms with E-state index in [9.17, 15) is 13.2 Å². The van der Waals surface area contributed by atoms with Gasteiger partial charge in [-0.3, -0.25) is 9.69 Å². The molecule has 2 heterocycles. The molecule has 0 bridgehead atoms. The van der Waals surface area contributed by atoms with Gasteiger partial charge in [0, 0.05) is 19.1 Å². The normalized spacial score (nSPS) is 17.7. The van der Waals surface area contributed by atoms with Crippen LogP contribution in [-0.2, 0) is 15.6 Å². The summed E-state index contributed by atoms with van der Waals surface area (Å²) in [7, 11) is -3.55. The van der Waals surface area contributed by atoms with E-state index in [1.807, 2.05) is 6.07 Å². The van der Waals surface area contributed by atoms with Crippen molar-refractivity contribution >= 4 is 15.7 Å². The van der Waals surface area contributed by atoms with Crippen molar-refractivity contribution in [2.75, 3.05) is 19.6 Å². The maximum Gasteiger partial charge on any atom is 0.287 e. The molecule has 6 nitrogen and oxygen atoms in total. The highest BCUT2D eigenvalue weighted by molar-refractivity contribution is 7.90. The molecule has 2 atom stereocenters. The van der Waals surface area contributed by atoms with E-state index in [0.29, 0.717) is 24.1 Å². The molecule has 0 saturated carbocycles. The lowest BCUT2D eigenvalue weighted by Gasteiger charge is -2.24. The van der Waals surface area contributed by atoms with Gasteiger partial charge in [-0.1, -0.05) is 48.5 Å². The van der Waals surface area contributed by atoms with Crippen LogP contribution in [0.1, 0.15) is 46.8 Å². The molecule has 0 unspecified atom stereocenters. The van der Waals surface area contributed by atoms with Crippen LogP contribution in [0, 0.1) is 12.8 Å². The van der Waals surface area contributed by atoms with Crippen LogP contribution in [0.5, 0.6) is 0 Å². The van der Waals surface area contributed by atoms with Gasteiger partial charge in [-0.25, -0.2) is 8.42 Å². The van der Waals surface area contributed by atoms with E-state index in [2.05, 4.69) is 41.4 Å². The molecule has 1 amide bonds. The van der Waals surface area contributed by atoms with E-state index < -0.39 is 9.84 Å². The van der Waals surface area contributed by atoms with Gasteiger partial charge in [-0.2, -0.15) is 0 Å². The Morgan fingerprint density at radius 2 is 1.82 bits per heavy atom. The zero-order valence-electron chi connectivity index (χ0n) is 19.0. The first-order valence-corrected chi connectivity index (χ1v) is 12.9. The van der Waals surface area contributed by atoms with Crippen molar-refractivity contribution in [1.82, 2.24) is 10.2 Å². The van der Waals surface area contributed by atoms with Crippen LogP contribution in [0.4, 0.5) is 0 Å². The number of hydrogen-bond acceptors (Lipinski definition) is 5. The topological polar surface area (TPSA) is 79.6 Å². The minimum absolute atomic E-state index is 0.137. The van der Waals surface area contributed by atoms with E-state index in [4.69, 9.17) is 4.42 Å². The lowest BCUT2D eigenvalue weighted by Crippen LogP contribution is -2.31. The van der Waals surface area contributed by atoms with Gasteiger partial charge in [0.25, 0.3) is 5.91 Å². The quantitative estimate of drug-likeness (QED) is 0.533. The number of rotatable bonds is 8. The number of sulfone groups is 1. The second-order valence-electron chi connectivity index (χ2n) is 8.74. The first kappa shape index (κ1) is 23.3. The number of hydrogen-bond donors (Lipinski definition) is 1. The zero-order valence-corrected chi connectivity index (χ0v) is 19.8. The van der Waals surface area contributed by atoms with E-state index in [0.717, 1.165) is 19.5 Å². The Kier molecular flexibility index (Phi) is 7.00. The molecule has 7 heteroatoms. The molecule has 1 N–H and O–H groups in total. The van der Waals surface area contributed by atoms with E-state index in [-0.39, 0.29) is 28.1 Å². The van der Waals surface area contributed by atoms with Crippen LogP contribution < -0.4 is 5.32 Å². The highest BCUT2D eigenvalue weighted by atomic mass is 32.2. The van der Waals surface area contributed by atoms with Crippen LogP contribution in [0.15, 0.2) is 76.0 Å². The highest BCUT2D eigenvalue weighted by Crippen LogP contribution is 2.27. The SMILES string of the molecule is Cc1ccccc1S(=O)(=O)Cc1ccc(C(=O)NC[C@@H]2CCN([C@H](C)c3ccccc3)C2)o1. The minimum atomic E-state index is -3.55. The number of benzene rings is 2. The summed E-state index contributed by atoms with van der Waals surface area (Å²) in [5.41, 5.74) is 1.99. The molecule has 1 aromatic heterocycles. The summed E-state index contributed by atoms with van der Waals surface area (Å²) in [6.45, 7) is 6.46. The molecule has 1 aliphatic heterocycles. The second kappa shape index (κ2) is 9.93. The number of aryl methyl sites for hydroxylation is 1. The maximum atomic E-state index is 12.7. The van der Waals surface area contributed by atoms with Gasteiger partial charge in [0.05, 0.1) is 4.90 Å². The average Bonchev–Trinajstić information content (AvgIpc) is 3.47. The highest BCUT2D eigenvalue weighted by Gasteiger charge is 2.27. The maximum absolute atomic E-state index is 12.7. The van der Waals surface area contributed by atoms with Crippen molar-refractivity contribution in [3.8, 4) is 0 Å². The van der Waals surface area contributed by atoms with Gasteiger partial charge in [0.15, 0.2) is 15.6 Å². The van der Waals surface area contributed by atoms with Crippen LogP contribution >= 0.6 is 0 Å². The van der Waals surface area contributed by atoms with Crippen LogP contribution in [0.25, 0.3) is 0 Å². The number of carbonyl (C=O) groups is 1. The lowest BCUT2D eigenvalue weighted by molar-refractivity contribution is 0.0917. The van der Waals surface area contributed by atoms with Crippen LogP contribution in [-0.4, -0.2) is 38.9 Å². The van der Waals surface area contributed by atoms with Gasteiger partial charge in [-0.15, -0.1) is 0 Å². The minimum Gasteiger partial charge on any atom is -0.455 e. The van der Waals surface area contributed by atoms with Crippen molar-refractivity contribution in [2.24, 2.45) is 5.92 Å². The Bertz CT molecular complexity index is 1200. The molecule has 2 aromatic carbocycles. The number of carbonyl (C=O) groups excluding carboxylic acids is 1. The molecule has 33 heavy (non-hydrogen) atoms. The third kappa shape index (κ3) is 5.54. The van der Waals surface area contributed by atoms with E-state index in [1.165, 1.54) is 11.6 Å². The average molecular weight is 467 g/mol. The summed E-state index contributed by atoms with van der Waals surface area (Å²) in [6.07, 6.45) is 1.02. The standard InChI is InChI=1S/C26H30N2O4S/c1-19-8-6-7-11-25(19)33(30,31)18-23-12-13-24(32-23)26(29)27-16-21-14-15-28(17-21)20(2)22-9-4-3-5-10-22/h3-13,20-21H,14-18H2,1-2H3,(H,27,29)/t20-,21+/m1/s1. The molecule has 1 saturated heterocycles. The third-order valence-corrected chi connectivity index (χ3v) is 8.14. The predicted octanol–water partition coefficient (Wildman–Crippen LogP) is 4.37. The predicted molar refractivity (Wildman–Crippen MR) is 128 cm³/mol. The molecule has 3 aromatic rings. The molecular weight excluding hydrogens is 436 g/mol. The van der Waals surface area contributed by atoms with Crippen molar-refractivity contribution in [1.29, 1.82) is 0 Å². The summed E-state index contributed by atoms with van der Waals surface area (Å²) >= 11 is 0. The zero-order chi connectivity index (χ0) is 23.4. The van der Waals surface area contributed by atoms with Gasteiger partial charge >= 0.3 is 0 Å². The van der Waals surface area contributed by atoms with E-state index in [1.54, 1.807) is 37.3 Å². The van der Waals surface area contributed by atoms with Crippen LogP contribution in [0.3, 0.4) is 0 Å². The number of furan rings is 1. The van der Waals surface area contributed by atoms with Gasteiger partial charge in [0.2, 0.25) is 0 Å². The molecule has 0 spiro atoms. The summed E-state index contributed by atoms with van der Waals surface area (Å²) in [6, 6.07) is 20.7. The van der Waals surface area contributed by atoms with Crippen molar-refractivity contribution < 1.29 is 17.6 Å². The summed E-state index contributed by atoms with van der Waals surface area (Å²) in [4.78, 5) is 15.3. The Hall–Kier alpha value is -2.90. The summed E-state index contributed by atoms with van der Waals surface area (Å²) < 4.78 is 31.0. The number of likely N-dealkylation sites (tertiary alicyclic amines) is 1. The molecule has 0 radical (unpaired) electrons. The van der Waals surface area contributed by atoms with Crippen LogP contribution in [0.2, 0.25) is 0 Å². The Morgan fingerprint density at radius 1 is 1.09 bits per heavy atom. The third-order valence-electron chi connectivity index (χ3n) is 6.34. The number of nitrogens with one attached hydrogen (secondary N) is 1. The Labute approximate surface area is 195 Å². The molecule has 1 aliphatic rings. The first-order valence-electron chi connectivity index (χ1n) is 11.3. The monoisotopic (exact) mass is 466 g/mol. The second-order valence-corrected chi connectivity index (χ2v) is 10.7. The fraction of sp³-hybridized carbons (Fsp3) is 0.346. The smallest absolute Gasteiger partial charge is 0.287 e. The van der Waals surface area contributed by atoms with Crippen molar-refractivity contribution in [2.45, 2.75) is 37.0 Å². The Morgan fingerprint density at radius 3 is 2.58 bits per heavy atom. The lowest BCUT2D eigenvalue weighted by atomic mass is 10.1.